The highest BCUT2D eigenvalue weighted by Gasteiger charge is 2.23. The lowest BCUT2D eigenvalue weighted by atomic mass is 9.84. The van der Waals surface area contributed by atoms with Gasteiger partial charge in [0.05, 0.1) is 5.92 Å². The Morgan fingerprint density at radius 3 is 2.79 bits per heavy atom. The molecule has 0 aromatic heterocycles. The highest BCUT2D eigenvalue weighted by molar-refractivity contribution is 5.71. The predicted molar refractivity (Wildman–Crippen MR) is 57.0 cm³/mol. The van der Waals surface area contributed by atoms with Crippen molar-refractivity contribution < 1.29 is 9.90 Å². The molecule has 0 aliphatic heterocycles. The molecular weight excluding hydrogens is 176 g/mol. The Balaban J connectivity index is 2.85. The lowest BCUT2D eigenvalue weighted by Crippen LogP contribution is -2.18. The van der Waals surface area contributed by atoms with Gasteiger partial charge >= 0.3 is 5.97 Å². The number of allylic oxidation sites excluding steroid dienone is 5. The molecule has 1 aliphatic rings. The molecule has 0 saturated heterocycles. The van der Waals surface area contributed by atoms with Crippen molar-refractivity contribution in [2.45, 2.75) is 26.2 Å². The van der Waals surface area contributed by atoms with E-state index >= 15 is 0 Å². The van der Waals surface area contributed by atoms with E-state index in [0.717, 1.165) is 18.4 Å². The Labute approximate surface area is 84.6 Å². The fraction of sp³-hybridized carbons (Fsp3) is 0.417. The van der Waals surface area contributed by atoms with Gasteiger partial charge < -0.3 is 5.11 Å². The second-order valence-electron chi connectivity index (χ2n) is 3.53. The zero-order valence-corrected chi connectivity index (χ0v) is 8.49. The van der Waals surface area contributed by atoms with Crippen LogP contribution in [0.3, 0.4) is 0 Å². The molecule has 1 N–H and O–H groups in total. The fourth-order valence-corrected chi connectivity index (χ4v) is 1.81. The molecule has 0 radical (unpaired) electrons. The average Bonchev–Trinajstić information content (AvgIpc) is 2.18. The van der Waals surface area contributed by atoms with Crippen LogP contribution in [0.2, 0.25) is 0 Å². The number of hydrogen-bond donors (Lipinski definition) is 1. The van der Waals surface area contributed by atoms with Gasteiger partial charge in [-0.2, -0.15) is 0 Å². The summed E-state index contributed by atoms with van der Waals surface area (Å²) in [6.45, 7) is 5.70. The van der Waals surface area contributed by atoms with Crippen molar-refractivity contribution in [3.63, 3.8) is 0 Å². The van der Waals surface area contributed by atoms with Crippen LogP contribution >= 0.6 is 0 Å². The molecule has 0 aromatic carbocycles. The summed E-state index contributed by atoms with van der Waals surface area (Å²) in [6, 6.07) is 0. The van der Waals surface area contributed by atoms with Crippen LogP contribution in [0, 0.1) is 5.92 Å². The molecule has 2 heteroatoms. The maximum Gasteiger partial charge on any atom is 0.306 e. The SMILES string of the molecule is C=CC1=C(/C=C\C)CCC(C(=O)O)C1. The van der Waals surface area contributed by atoms with E-state index in [1.807, 2.05) is 13.0 Å². The number of carboxylic acids is 1. The molecule has 1 unspecified atom stereocenters. The molecule has 76 valence electrons. The van der Waals surface area contributed by atoms with Crippen molar-refractivity contribution in [2.24, 2.45) is 5.92 Å². The van der Waals surface area contributed by atoms with Gasteiger partial charge in [0.15, 0.2) is 0 Å². The van der Waals surface area contributed by atoms with Crippen LogP contribution in [0.5, 0.6) is 0 Å². The smallest absolute Gasteiger partial charge is 0.306 e. The summed E-state index contributed by atoms with van der Waals surface area (Å²) in [6.07, 6.45) is 8.03. The summed E-state index contributed by atoms with van der Waals surface area (Å²) in [5.74, 6) is -0.916. The van der Waals surface area contributed by atoms with Crippen molar-refractivity contribution in [3.8, 4) is 0 Å². The van der Waals surface area contributed by atoms with Gasteiger partial charge in [0, 0.05) is 0 Å². The van der Waals surface area contributed by atoms with Crippen LogP contribution in [-0.4, -0.2) is 11.1 Å². The molecule has 0 bridgehead atoms. The van der Waals surface area contributed by atoms with E-state index in [1.165, 1.54) is 5.57 Å². The quantitative estimate of drug-likeness (QED) is 0.746. The Hall–Kier alpha value is -1.31. The number of carbonyl (C=O) groups is 1. The molecule has 2 nitrogen and oxygen atoms in total. The van der Waals surface area contributed by atoms with Crippen LogP contribution in [0.4, 0.5) is 0 Å². The van der Waals surface area contributed by atoms with Crippen LogP contribution in [-0.2, 0) is 4.79 Å². The van der Waals surface area contributed by atoms with Gasteiger partial charge in [-0.25, -0.2) is 0 Å². The highest BCUT2D eigenvalue weighted by atomic mass is 16.4. The first-order chi connectivity index (χ1) is 6.69. The van der Waals surface area contributed by atoms with Gasteiger partial charge in [-0.15, -0.1) is 0 Å². The van der Waals surface area contributed by atoms with Crippen LogP contribution < -0.4 is 0 Å². The first kappa shape index (κ1) is 10.8. The minimum absolute atomic E-state index is 0.225. The molecule has 0 saturated carbocycles. The summed E-state index contributed by atoms with van der Waals surface area (Å²) >= 11 is 0. The van der Waals surface area contributed by atoms with Crippen molar-refractivity contribution in [2.75, 3.05) is 0 Å². The molecule has 1 aliphatic carbocycles. The van der Waals surface area contributed by atoms with Crippen molar-refractivity contribution in [1.82, 2.24) is 0 Å². The van der Waals surface area contributed by atoms with Crippen molar-refractivity contribution >= 4 is 5.97 Å². The first-order valence-electron chi connectivity index (χ1n) is 4.89. The third kappa shape index (κ3) is 2.34. The van der Waals surface area contributed by atoms with E-state index < -0.39 is 5.97 Å². The maximum atomic E-state index is 10.8. The minimum atomic E-state index is -0.691. The second kappa shape index (κ2) is 4.80. The van der Waals surface area contributed by atoms with Gasteiger partial charge in [0.1, 0.15) is 0 Å². The van der Waals surface area contributed by atoms with Gasteiger partial charge in [0.2, 0.25) is 0 Å². The zero-order chi connectivity index (χ0) is 10.6. The summed E-state index contributed by atoms with van der Waals surface area (Å²) < 4.78 is 0. The van der Waals surface area contributed by atoms with E-state index in [4.69, 9.17) is 5.11 Å². The summed E-state index contributed by atoms with van der Waals surface area (Å²) in [4.78, 5) is 10.8. The molecule has 14 heavy (non-hydrogen) atoms. The van der Waals surface area contributed by atoms with Crippen LogP contribution in [0.1, 0.15) is 26.2 Å². The third-order valence-corrected chi connectivity index (χ3v) is 2.60. The number of carboxylic acid groups (broad SMARTS) is 1. The zero-order valence-electron chi connectivity index (χ0n) is 8.49. The average molecular weight is 192 g/mol. The van der Waals surface area contributed by atoms with Gasteiger partial charge in [-0.05, 0) is 37.3 Å². The lowest BCUT2D eigenvalue weighted by molar-refractivity contribution is -0.142. The highest BCUT2D eigenvalue weighted by Crippen LogP contribution is 2.30. The van der Waals surface area contributed by atoms with Crippen LogP contribution in [0.15, 0.2) is 36.0 Å². The molecule has 0 heterocycles. The standard InChI is InChI=1S/C12H16O2/c1-3-5-10-6-7-11(12(13)14)8-9(10)4-2/h3-5,11H,2,6-8H2,1H3,(H,13,14)/b5-3-. The van der Waals surface area contributed by atoms with Crippen LogP contribution in [0.25, 0.3) is 0 Å². The number of rotatable bonds is 3. The van der Waals surface area contributed by atoms with Crippen molar-refractivity contribution in [3.05, 3.63) is 36.0 Å². The van der Waals surface area contributed by atoms with Gasteiger partial charge in [-0.1, -0.05) is 24.8 Å². The molecular formula is C12H16O2. The van der Waals surface area contributed by atoms with E-state index in [0.29, 0.717) is 6.42 Å². The summed E-state index contributed by atoms with van der Waals surface area (Å²) in [5, 5.41) is 8.89. The fourth-order valence-electron chi connectivity index (χ4n) is 1.81. The molecule has 0 amide bonds. The van der Waals surface area contributed by atoms with E-state index in [2.05, 4.69) is 12.7 Å². The maximum absolute atomic E-state index is 10.8. The Morgan fingerprint density at radius 1 is 1.57 bits per heavy atom. The first-order valence-corrected chi connectivity index (χ1v) is 4.89. The molecule has 0 aromatic rings. The monoisotopic (exact) mass is 192 g/mol. The second-order valence-corrected chi connectivity index (χ2v) is 3.53. The number of aliphatic carboxylic acids is 1. The lowest BCUT2D eigenvalue weighted by Gasteiger charge is -2.21. The summed E-state index contributed by atoms with van der Waals surface area (Å²) in [5.41, 5.74) is 2.32. The molecule has 0 fully saturated rings. The normalized spacial score (nSPS) is 22.8. The Kier molecular flexibility index (Phi) is 3.69. The van der Waals surface area contributed by atoms with E-state index in [1.54, 1.807) is 6.08 Å². The van der Waals surface area contributed by atoms with E-state index in [-0.39, 0.29) is 5.92 Å². The molecule has 0 spiro atoms. The topological polar surface area (TPSA) is 37.3 Å². The molecule has 1 rings (SSSR count). The van der Waals surface area contributed by atoms with Gasteiger partial charge in [0.25, 0.3) is 0 Å². The number of hydrogen-bond acceptors (Lipinski definition) is 1. The molecule has 1 atom stereocenters. The van der Waals surface area contributed by atoms with E-state index in [9.17, 15) is 4.79 Å². The largest absolute Gasteiger partial charge is 0.481 e. The Bertz CT molecular complexity index is 297. The minimum Gasteiger partial charge on any atom is -0.481 e. The third-order valence-electron chi connectivity index (χ3n) is 2.60. The van der Waals surface area contributed by atoms with Crippen molar-refractivity contribution in [1.29, 1.82) is 0 Å². The Morgan fingerprint density at radius 2 is 2.29 bits per heavy atom. The predicted octanol–water partition coefficient (Wildman–Crippen LogP) is 2.93. The summed E-state index contributed by atoms with van der Waals surface area (Å²) in [7, 11) is 0. The van der Waals surface area contributed by atoms with Gasteiger partial charge in [-0.3, -0.25) is 4.79 Å².